The van der Waals surface area contributed by atoms with Crippen molar-refractivity contribution in [3.63, 3.8) is 0 Å². The zero-order valence-electron chi connectivity index (χ0n) is 11.3. The summed E-state index contributed by atoms with van der Waals surface area (Å²) in [6.45, 7) is 1.60. The molecule has 4 heteroatoms. The van der Waals surface area contributed by atoms with Gasteiger partial charge in [-0.25, -0.2) is 4.39 Å². The molecule has 0 radical (unpaired) electrons. The molecule has 0 spiro atoms. The molecule has 1 fully saturated rings. The fourth-order valence-electron chi connectivity index (χ4n) is 2.39. The molecule has 0 aliphatic heterocycles. The molecule has 20 heavy (non-hydrogen) atoms. The third kappa shape index (κ3) is 3.33. The summed E-state index contributed by atoms with van der Waals surface area (Å²) >= 11 is 0. The summed E-state index contributed by atoms with van der Waals surface area (Å²) in [6, 6.07) is 10.1. The molecule has 1 heterocycles. The van der Waals surface area contributed by atoms with E-state index in [9.17, 15) is 4.39 Å². The quantitative estimate of drug-likeness (QED) is 0.850. The Morgan fingerprint density at radius 1 is 1.10 bits per heavy atom. The number of hydrogen-bond acceptors (Lipinski definition) is 3. The summed E-state index contributed by atoms with van der Waals surface area (Å²) < 4.78 is 13.2. The maximum atomic E-state index is 13.2. The number of pyridine rings is 1. The van der Waals surface area contributed by atoms with Crippen LogP contribution in [0.4, 0.5) is 10.1 Å². The van der Waals surface area contributed by atoms with Gasteiger partial charge in [-0.3, -0.25) is 9.88 Å². The van der Waals surface area contributed by atoms with Gasteiger partial charge >= 0.3 is 0 Å². The average molecular weight is 271 g/mol. The van der Waals surface area contributed by atoms with E-state index < -0.39 is 0 Å². The number of hydrogen-bond donors (Lipinski definition) is 1. The minimum atomic E-state index is -0.272. The van der Waals surface area contributed by atoms with Gasteiger partial charge in [0.1, 0.15) is 5.82 Å². The molecule has 0 unspecified atom stereocenters. The molecule has 2 aromatic rings. The molecule has 1 aromatic carbocycles. The van der Waals surface area contributed by atoms with Crippen molar-refractivity contribution in [2.45, 2.75) is 32.0 Å². The van der Waals surface area contributed by atoms with Crippen molar-refractivity contribution < 1.29 is 4.39 Å². The van der Waals surface area contributed by atoms with E-state index in [0.717, 1.165) is 24.3 Å². The van der Waals surface area contributed by atoms with Gasteiger partial charge in [0.05, 0.1) is 6.20 Å². The molecule has 0 amide bonds. The molecular formula is C16H18FN3. The van der Waals surface area contributed by atoms with Gasteiger partial charge in [-0.05, 0) is 42.2 Å². The Morgan fingerprint density at radius 2 is 1.80 bits per heavy atom. The molecule has 0 bridgehead atoms. The maximum Gasteiger partial charge on any atom is 0.141 e. The van der Waals surface area contributed by atoms with E-state index in [-0.39, 0.29) is 5.82 Å². The Balaban J connectivity index is 1.71. The van der Waals surface area contributed by atoms with Crippen molar-refractivity contribution in [3.8, 4) is 0 Å². The standard InChI is InChI=1S/C16H18FN3/c17-14-7-13(8-19-9-14)11-20(16-5-6-16)10-12-1-3-15(18)4-2-12/h1-4,7-9,16H,5-6,10-11,18H2. The van der Waals surface area contributed by atoms with Crippen molar-refractivity contribution in [2.24, 2.45) is 0 Å². The monoisotopic (exact) mass is 271 g/mol. The second kappa shape index (κ2) is 5.59. The normalized spacial score (nSPS) is 14.7. The number of rotatable bonds is 5. The predicted octanol–water partition coefficient (Wildman–Crippen LogP) is 2.97. The average Bonchev–Trinajstić information content (AvgIpc) is 3.25. The lowest BCUT2D eigenvalue weighted by Crippen LogP contribution is -2.25. The lowest BCUT2D eigenvalue weighted by atomic mass is 10.1. The Kier molecular flexibility index (Phi) is 3.65. The summed E-state index contributed by atoms with van der Waals surface area (Å²) in [5, 5.41) is 0. The van der Waals surface area contributed by atoms with Gasteiger partial charge in [-0.1, -0.05) is 12.1 Å². The molecule has 0 saturated heterocycles. The van der Waals surface area contributed by atoms with Crippen LogP contribution in [0.15, 0.2) is 42.7 Å². The van der Waals surface area contributed by atoms with Gasteiger partial charge in [-0.15, -0.1) is 0 Å². The highest BCUT2D eigenvalue weighted by atomic mass is 19.1. The van der Waals surface area contributed by atoms with Crippen LogP contribution >= 0.6 is 0 Å². The van der Waals surface area contributed by atoms with Gasteiger partial charge in [0.25, 0.3) is 0 Å². The van der Waals surface area contributed by atoms with Crippen molar-refractivity contribution in [3.05, 3.63) is 59.7 Å². The largest absolute Gasteiger partial charge is 0.399 e. The van der Waals surface area contributed by atoms with E-state index >= 15 is 0 Å². The smallest absolute Gasteiger partial charge is 0.141 e. The summed E-state index contributed by atoms with van der Waals surface area (Å²) in [5.74, 6) is -0.272. The van der Waals surface area contributed by atoms with E-state index in [4.69, 9.17) is 5.73 Å². The number of nitrogens with two attached hydrogens (primary N) is 1. The Hall–Kier alpha value is -1.94. The van der Waals surface area contributed by atoms with Crippen LogP contribution in [0.25, 0.3) is 0 Å². The number of nitrogen functional groups attached to an aromatic ring is 1. The van der Waals surface area contributed by atoms with Crippen LogP contribution < -0.4 is 5.73 Å². The first-order chi connectivity index (χ1) is 9.70. The molecule has 1 aliphatic carbocycles. The molecule has 104 valence electrons. The SMILES string of the molecule is Nc1ccc(CN(Cc2cncc(F)c2)C2CC2)cc1. The van der Waals surface area contributed by atoms with E-state index in [1.165, 1.54) is 24.6 Å². The lowest BCUT2D eigenvalue weighted by Gasteiger charge is -2.22. The first-order valence-corrected chi connectivity index (χ1v) is 6.88. The third-order valence-corrected chi connectivity index (χ3v) is 3.58. The van der Waals surface area contributed by atoms with E-state index in [1.54, 1.807) is 12.3 Å². The molecule has 3 rings (SSSR count). The molecule has 1 aromatic heterocycles. The highest BCUT2D eigenvalue weighted by molar-refractivity contribution is 5.39. The van der Waals surface area contributed by atoms with Crippen molar-refractivity contribution >= 4 is 5.69 Å². The molecule has 3 nitrogen and oxygen atoms in total. The Bertz CT molecular complexity index is 579. The number of halogens is 1. The first kappa shape index (κ1) is 13.1. The number of anilines is 1. The van der Waals surface area contributed by atoms with E-state index in [2.05, 4.69) is 22.0 Å². The topological polar surface area (TPSA) is 42.1 Å². The van der Waals surface area contributed by atoms with Gasteiger partial charge in [-0.2, -0.15) is 0 Å². The van der Waals surface area contributed by atoms with Crippen LogP contribution in [-0.2, 0) is 13.1 Å². The fraction of sp³-hybridized carbons (Fsp3) is 0.312. The van der Waals surface area contributed by atoms with Crippen molar-refractivity contribution in [1.82, 2.24) is 9.88 Å². The summed E-state index contributed by atoms with van der Waals surface area (Å²) in [7, 11) is 0. The van der Waals surface area contributed by atoms with E-state index in [0.29, 0.717) is 6.04 Å². The minimum Gasteiger partial charge on any atom is -0.399 e. The van der Waals surface area contributed by atoms with E-state index in [1.807, 2.05) is 12.1 Å². The second-order valence-electron chi connectivity index (χ2n) is 5.39. The lowest BCUT2D eigenvalue weighted by molar-refractivity contribution is 0.245. The second-order valence-corrected chi connectivity index (χ2v) is 5.39. The van der Waals surface area contributed by atoms with Crippen molar-refractivity contribution in [1.29, 1.82) is 0 Å². The molecule has 1 aliphatic rings. The number of aromatic nitrogens is 1. The minimum absolute atomic E-state index is 0.272. The molecule has 0 atom stereocenters. The van der Waals surface area contributed by atoms with Gasteiger partial charge in [0.2, 0.25) is 0 Å². The number of nitrogens with zero attached hydrogens (tertiary/aromatic N) is 2. The van der Waals surface area contributed by atoms with Crippen LogP contribution in [0.2, 0.25) is 0 Å². The van der Waals surface area contributed by atoms with Crippen LogP contribution in [-0.4, -0.2) is 15.9 Å². The van der Waals surface area contributed by atoms with Crippen LogP contribution in [0, 0.1) is 5.82 Å². The van der Waals surface area contributed by atoms with Gasteiger partial charge in [0, 0.05) is 31.0 Å². The highest BCUT2D eigenvalue weighted by Crippen LogP contribution is 2.29. The summed E-state index contributed by atoms with van der Waals surface area (Å²) in [4.78, 5) is 6.29. The van der Waals surface area contributed by atoms with Crippen LogP contribution in [0.1, 0.15) is 24.0 Å². The zero-order valence-corrected chi connectivity index (χ0v) is 11.3. The zero-order chi connectivity index (χ0) is 13.9. The first-order valence-electron chi connectivity index (χ1n) is 6.88. The van der Waals surface area contributed by atoms with Gasteiger partial charge < -0.3 is 5.73 Å². The summed E-state index contributed by atoms with van der Waals surface area (Å²) in [6.07, 6.45) is 5.42. The predicted molar refractivity (Wildman–Crippen MR) is 77.3 cm³/mol. The Labute approximate surface area is 118 Å². The number of benzene rings is 1. The van der Waals surface area contributed by atoms with Gasteiger partial charge in [0.15, 0.2) is 0 Å². The summed E-state index contributed by atoms with van der Waals surface area (Å²) in [5.41, 5.74) is 8.64. The fourth-order valence-corrected chi connectivity index (χ4v) is 2.39. The third-order valence-electron chi connectivity index (χ3n) is 3.58. The molecule has 1 saturated carbocycles. The molecular weight excluding hydrogens is 253 g/mol. The Morgan fingerprint density at radius 3 is 2.45 bits per heavy atom. The van der Waals surface area contributed by atoms with Crippen LogP contribution in [0.3, 0.4) is 0 Å². The highest BCUT2D eigenvalue weighted by Gasteiger charge is 2.29. The molecule has 2 N–H and O–H groups in total. The maximum absolute atomic E-state index is 13.2. The van der Waals surface area contributed by atoms with Crippen molar-refractivity contribution in [2.75, 3.05) is 5.73 Å². The van der Waals surface area contributed by atoms with Crippen LogP contribution in [0.5, 0.6) is 0 Å².